The van der Waals surface area contributed by atoms with Gasteiger partial charge in [0.1, 0.15) is 0 Å². The fourth-order valence-electron chi connectivity index (χ4n) is 5.48. The Hall–Kier alpha value is -1.27. The van der Waals surface area contributed by atoms with E-state index in [0.717, 1.165) is 11.1 Å². The molecule has 1 aliphatic carbocycles. The van der Waals surface area contributed by atoms with Gasteiger partial charge in [0, 0.05) is 17.5 Å². The van der Waals surface area contributed by atoms with Gasteiger partial charge in [0.2, 0.25) is 0 Å². The second-order valence-electron chi connectivity index (χ2n) is 15.1. The van der Waals surface area contributed by atoms with E-state index in [1.54, 1.807) is 0 Å². The average Bonchev–Trinajstić information content (AvgIpc) is 2.86. The van der Waals surface area contributed by atoms with Gasteiger partial charge >= 0.3 is 21.1 Å². The average molecular weight is 821 g/mol. The first-order valence-corrected chi connectivity index (χ1v) is 16.2. The molecule has 0 saturated carbocycles. The summed E-state index contributed by atoms with van der Waals surface area (Å²) in [5.74, 6) is 2.36. The Labute approximate surface area is 305 Å². The molecule has 0 bridgehead atoms. The first kappa shape index (κ1) is 45.8. The largest absolute Gasteiger partial charge is 2.00 e. The molecule has 0 N–H and O–H groups in total. The maximum absolute atomic E-state index is 12.1. The second-order valence-corrected chi connectivity index (χ2v) is 15.1. The van der Waals surface area contributed by atoms with Gasteiger partial charge in [0.25, 0.3) is 0 Å². The molecule has 3 rings (SSSR count). The third-order valence-corrected chi connectivity index (χ3v) is 7.84. The van der Waals surface area contributed by atoms with Crippen molar-refractivity contribution in [3.8, 4) is 0 Å². The first-order valence-electron chi connectivity index (χ1n) is 16.2. The molecule has 0 amide bonds. The van der Waals surface area contributed by atoms with E-state index in [1.165, 1.54) is 44.5 Å². The fraction of sp³-hybridized carbons (Fsp3) is 0.537. The van der Waals surface area contributed by atoms with Crippen molar-refractivity contribution in [1.82, 2.24) is 0 Å². The molecule has 248 valence electrons. The van der Waals surface area contributed by atoms with E-state index in [4.69, 9.17) is 6.92 Å². The third-order valence-electron chi connectivity index (χ3n) is 7.84. The summed E-state index contributed by atoms with van der Waals surface area (Å²) in [6.07, 6.45) is 6.38. The van der Waals surface area contributed by atoms with Gasteiger partial charge in [-0.3, -0.25) is 0 Å². The van der Waals surface area contributed by atoms with Gasteiger partial charge in [0.15, 0.2) is 0 Å². The molecule has 0 fully saturated rings. The molecule has 0 heterocycles. The Balaban J connectivity index is 0. The van der Waals surface area contributed by atoms with Crippen molar-refractivity contribution in [3.05, 3.63) is 99.7 Å². The molecule has 0 atom stereocenters. The van der Waals surface area contributed by atoms with E-state index in [-0.39, 0.29) is 51.3 Å². The summed E-state index contributed by atoms with van der Waals surface area (Å²) in [6, 6.07) is 9.50. The van der Waals surface area contributed by atoms with E-state index >= 15 is 0 Å². The molecule has 0 saturated heterocycles. The van der Waals surface area contributed by atoms with Crippen LogP contribution in [0.25, 0.3) is 16.6 Å². The number of rotatable bonds is 8. The Morgan fingerprint density at radius 2 is 0.756 bits per heavy atom. The Morgan fingerprint density at radius 3 is 0.933 bits per heavy atom. The van der Waals surface area contributed by atoms with Crippen molar-refractivity contribution in [2.75, 3.05) is 0 Å². The van der Waals surface area contributed by atoms with Crippen molar-refractivity contribution in [3.63, 3.8) is 0 Å². The molecule has 1 nitrogen and oxygen atoms in total. The van der Waals surface area contributed by atoms with Crippen molar-refractivity contribution in [1.29, 1.82) is 0 Å². The van der Waals surface area contributed by atoms with Gasteiger partial charge in [0.05, 0.1) is 23.3 Å². The smallest absolute Gasteiger partial charge is 1.00 e. The van der Waals surface area contributed by atoms with Crippen LogP contribution < -0.4 is 24.8 Å². The van der Waals surface area contributed by atoms with Gasteiger partial charge in [-0.15, -0.1) is 0 Å². The van der Waals surface area contributed by atoms with Crippen molar-refractivity contribution >= 4 is 16.9 Å². The summed E-state index contributed by atoms with van der Waals surface area (Å²) in [5.41, 5.74) is 12.8. The topological polar surface area (TPSA) is 22.3 Å². The van der Waals surface area contributed by atoms with Crippen LogP contribution in [0.4, 0.5) is 0 Å². The summed E-state index contributed by atoms with van der Waals surface area (Å²) < 4.78 is 0. The molecule has 0 aromatic heterocycles. The van der Waals surface area contributed by atoms with Gasteiger partial charge in [-0.25, -0.2) is 0 Å². The molecule has 45 heavy (non-hydrogen) atoms. The molecular formula is C41H59Cl2NW. The van der Waals surface area contributed by atoms with E-state index in [0.29, 0.717) is 41.2 Å². The second kappa shape index (κ2) is 18.9. The molecular weight excluding hydrogens is 761 g/mol. The van der Waals surface area contributed by atoms with E-state index < -0.39 is 0 Å². The Morgan fingerprint density at radius 1 is 0.533 bits per heavy atom. The molecule has 0 aliphatic heterocycles. The van der Waals surface area contributed by atoms with Crippen LogP contribution in [0.15, 0.2) is 36.4 Å². The predicted octanol–water partition coefficient (Wildman–Crippen LogP) is 6.87. The predicted molar refractivity (Wildman–Crippen MR) is 190 cm³/mol. The summed E-state index contributed by atoms with van der Waals surface area (Å²) in [7, 11) is 0. The van der Waals surface area contributed by atoms with Crippen LogP contribution in [0.5, 0.6) is 0 Å². The van der Waals surface area contributed by atoms with Gasteiger partial charge in [-0.1, -0.05) is 128 Å². The van der Waals surface area contributed by atoms with Crippen LogP contribution in [0.2, 0.25) is 0 Å². The van der Waals surface area contributed by atoms with Gasteiger partial charge in [-0.05, 0) is 86.9 Å². The molecule has 0 unspecified atom stereocenters. The minimum atomic E-state index is 0. The van der Waals surface area contributed by atoms with E-state index in [9.17, 15) is 5.41 Å². The molecule has 2 aromatic rings. The molecule has 2 aromatic carbocycles. The number of benzene rings is 2. The summed E-state index contributed by atoms with van der Waals surface area (Å²) in [5, 5.41) is 12.1. The van der Waals surface area contributed by atoms with Crippen LogP contribution >= 0.6 is 0 Å². The van der Waals surface area contributed by atoms with Crippen LogP contribution in [0.1, 0.15) is 184 Å². The Bertz CT molecular complexity index is 1160. The quantitative estimate of drug-likeness (QED) is 0.260. The zero-order valence-electron chi connectivity index (χ0n) is 30.7. The summed E-state index contributed by atoms with van der Waals surface area (Å²) >= 11 is 0. The standard InChI is InChI=1S/C36H49N.C5H10.2ClH.W/c1-20(2)26-16-30(22(5)6)34(31(17-26)23(7)8)28-14-13-15-29(36(28)37)35-32(24(9)10)18-27(21(3)4)19-33(35)25(11)12;1-5(2,3)4;;;/h13-25H,1-12H3;1H,2-4H3;2*1H;/q;;;;+2/p-2. The zero-order valence-corrected chi connectivity index (χ0v) is 35.1. The zero-order chi connectivity index (χ0) is 32.3. The van der Waals surface area contributed by atoms with E-state index in [1.807, 2.05) is 20.8 Å². The third kappa shape index (κ3) is 12.0. The fourth-order valence-corrected chi connectivity index (χ4v) is 5.48. The van der Waals surface area contributed by atoms with Crippen molar-refractivity contribution in [2.24, 2.45) is 5.41 Å². The first-order chi connectivity index (χ1) is 19.3. The molecule has 1 aliphatic rings. The maximum atomic E-state index is 12.1. The summed E-state index contributed by atoms with van der Waals surface area (Å²) in [6.45, 7) is 38.5. The minimum Gasteiger partial charge on any atom is -1.00 e. The maximum Gasteiger partial charge on any atom is 2.00 e. The monoisotopic (exact) mass is 819 g/mol. The number of halogens is 2. The molecule has 2 radical (unpaired) electrons. The number of hydrogen-bond donors (Lipinski definition) is 0. The Kier molecular flexibility index (Phi) is 19.3. The normalized spacial score (nSPS) is 13.2. The SMILES string of the molecule is CC(C)c1cc(C(C)C)c(C2=C[CH+]C=C(c3c(C(C)C)cc(C(C)C)cc3C(C)C)C2=[N-])c(C(C)C)c1.[CH]C(C)(C)C.[Cl-].[Cl-].[W+2]. The van der Waals surface area contributed by atoms with Gasteiger partial charge in [-0.2, -0.15) is 0 Å². The van der Waals surface area contributed by atoms with Crippen LogP contribution in [0, 0.1) is 18.8 Å². The number of allylic oxidation sites excluding steroid dienone is 4. The number of hydrogen-bond acceptors (Lipinski definition) is 0. The summed E-state index contributed by atoms with van der Waals surface area (Å²) in [4.78, 5) is 0. The van der Waals surface area contributed by atoms with Gasteiger partial charge < -0.3 is 30.2 Å². The van der Waals surface area contributed by atoms with Crippen molar-refractivity contribution in [2.45, 2.75) is 139 Å². The van der Waals surface area contributed by atoms with Crippen LogP contribution in [0.3, 0.4) is 0 Å². The van der Waals surface area contributed by atoms with Crippen LogP contribution in [-0.4, -0.2) is 5.71 Å². The van der Waals surface area contributed by atoms with Crippen LogP contribution in [-0.2, 0) is 21.1 Å². The van der Waals surface area contributed by atoms with Crippen molar-refractivity contribution < 1.29 is 45.9 Å². The molecule has 0 spiro atoms. The number of nitrogens with zero attached hydrogens (tertiary/aromatic N) is 1. The minimum absolute atomic E-state index is 0. The van der Waals surface area contributed by atoms with E-state index in [2.05, 4.69) is 126 Å². The molecule has 4 heteroatoms.